The van der Waals surface area contributed by atoms with Crippen LogP contribution in [0.25, 0.3) is 5.69 Å². The Morgan fingerprint density at radius 1 is 1.03 bits per heavy atom. The van der Waals surface area contributed by atoms with Crippen molar-refractivity contribution in [3.63, 3.8) is 0 Å². The third-order valence-corrected chi connectivity index (χ3v) is 6.24. The highest BCUT2D eigenvalue weighted by Gasteiger charge is 2.31. The van der Waals surface area contributed by atoms with Gasteiger partial charge in [-0.25, -0.2) is 4.98 Å². The lowest BCUT2D eigenvalue weighted by atomic mass is 9.91. The van der Waals surface area contributed by atoms with Crippen LogP contribution >= 0.6 is 0 Å². The van der Waals surface area contributed by atoms with Crippen molar-refractivity contribution in [3.05, 3.63) is 47.9 Å². The van der Waals surface area contributed by atoms with E-state index in [1.165, 1.54) is 4.68 Å². The first-order chi connectivity index (χ1) is 15.9. The largest absolute Gasteiger partial charge is 0.339 e. The molecule has 0 bridgehead atoms. The lowest BCUT2D eigenvalue weighted by molar-refractivity contribution is -0.119. The Hall–Kier alpha value is -3.56. The number of pyridine rings is 1. The Bertz CT molecular complexity index is 1090. The number of carbonyl (C=O) groups is 2. The molecule has 1 fully saturated rings. The Kier molecular flexibility index (Phi) is 6.81. The molecule has 1 aliphatic rings. The Balaban J connectivity index is 1.52. The topological polar surface area (TPSA) is 120 Å². The van der Waals surface area contributed by atoms with Gasteiger partial charge in [-0.2, -0.15) is 5.10 Å². The molecular weight excluding hydrogens is 420 g/mol. The number of aromatic nitrogens is 6. The van der Waals surface area contributed by atoms with Gasteiger partial charge in [0.05, 0.1) is 11.9 Å². The van der Waals surface area contributed by atoms with E-state index in [2.05, 4.69) is 30.9 Å². The van der Waals surface area contributed by atoms with Crippen LogP contribution in [-0.2, 0) is 11.8 Å². The summed E-state index contributed by atoms with van der Waals surface area (Å²) in [5.74, 6) is 1.47. The Morgan fingerprint density at radius 3 is 2.30 bits per heavy atom. The molecule has 0 aromatic carbocycles. The predicted molar refractivity (Wildman–Crippen MR) is 123 cm³/mol. The van der Waals surface area contributed by atoms with E-state index < -0.39 is 6.04 Å². The maximum absolute atomic E-state index is 13.3. The van der Waals surface area contributed by atoms with Crippen LogP contribution in [0.15, 0.2) is 30.6 Å². The zero-order chi connectivity index (χ0) is 23.4. The van der Waals surface area contributed by atoms with Gasteiger partial charge in [0.15, 0.2) is 0 Å². The molecule has 10 heteroatoms. The summed E-state index contributed by atoms with van der Waals surface area (Å²) in [6, 6.07) is 4.61. The summed E-state index contributed by atoms with van der Waals surface area (Å²) in [6.07, 6.45) is 9.48. The summed E-state index contributed by atoms with van der Waals surface area (Å²) >= 11 is 0. The lowest BCUT2D eigenvalue weighted by Gasteiger charge is -2.26. The van der Waals surface area contributed by atoms with Crippen LogP contribution in [-0.4, -0.2) is 47.4 Å². The van der Waals surface area contributed by atoms with Crippen molar-refractivity contribution >= 4 is 17.6 Å². The first-order valence-corrected chi connectivity index (χ1v) is 11.4. The molecule has 10 nitrogen and oxygen atoms in total. The molecule has 33 heavy (non-hydrogen) atoms. The number of nitrogens with zero attached hydrogens (tertiary/aromatic N) is 6. The molecule has 3 heterocycles. The van der Waals surface area contributed by atoms with E-state index in [0.29, 0.717) is 11.5 Å². The summed E-state index contributed by atoms with van der Waals surface area (Å²) in [7, 11) is 1.71. The minimum atomic E-state index is -0.644. The average molecular weight is 451 g/mol. The molecule has 3 aromatic heterocycles. The number of rotatable bonds is 6. The monoisotopic (exact) mass is 450 g/mol. The normalized spacial score (nSPS) is 15.6. The van der Waals surface area contributed by atoms with Crippen molar-refractivity contribution in [1.29, 1.82) is 0 Å². The van der Waals surface area contributed by atoms with Gasteiger partial charge in [0, 0.05) is 13.2 Å². The number of aryl methyl sites for hydroxylation is 3. The molecule has 0 spiro atoms. The molecule has 3 aromatic rings. The lowest BCUT2D eigenvalue weighted by Crippen LogP contribution is -2.49. The molecule has 1 saturated carbocycles. The van der Waals surface area contributed by atoms with Crippen LogP contribution in [0.3, 0.4) is 0 Å². The molecule has 174 valence electrons. The maximum Gasteiger partial charge on any atom is 0.270 e. The van der Waals surface area contributed by atoms with Crippen molar-refractivity contribution < 1.29 is 9.59 Å². The molecule has 0 radical (unpaired) electrons. The highest BCUT2D eigenvalue weighted by Crippen LogP contribution is 2.26. The number of carbonyl (C=O) groups excluding carboxylic acids is 2. The fourth-order valence-electron chi connectivity index (χ4n) is 4.49. The van der Waals surface area contributed by atoms with Crippen molar-refractivity contribution in [2.75, 3.05) is 5.32 Å². The highest BCUT2D eigenvalue weighted by molar-refractivity contribution is 6.00. The second-order valence-corrected chi connectivity index (χ2v) is 8.56. The molecule has 2 amide bonds. The third kappa shape index (κ3) is 5.10. The molecule has 1 aliphatic carbocycles. The van der Waals surface area contributed by atoms with Crippen LogP contribution in [0.1, 0.15) is 60.7 Å². The number of amides is 2. The van der Waals surface area contributed by atoms with E-state index in [0.717, 1.165) is 55.9 Å². The van der Waals surface area contributed by atoms with Crippen molar-refractivity contribution in [2.24, 2.45) is 13.0 Å². The van der Waals surface area contributed by atoms with Gasteiger partial charge in [-0.3, -0.25) is 18.8 Å². The summed E-state index contributed by atoms with van der Waals surface area (Å²) in [5.41, 5.74) is 1.24. The summed E-state index contributed by atoms with van der Waals surface area (Å²) in [4.78, 5) is 30.6. The van der Waals surface area contributed by atoms with Gasteiger partial charge in [0.1, 0.15) is 29.2 Å². The smallest absolute Gasteiger partial charge is 0.270 e. The van der Waals surface area contributed by atoms with Crippen molar-refractivity contribution in [3.8, 4) is 5.69 Å². The van der Waals surface area contributed by atoms with Crippen LogP contribution in [0.2, 0.25) is 0 Å². The van der Waals surface area contributed by atoms with Crippen molar-refractivity contribution in [1.82, 2.24) is 34.8 Å². The fraction of sp³-hybridized carbons (Fsp3) is 0.478. The SMILES string of the molecule is Cc1nnc(C)n1-c1ccc(NC(=O)C(NC(=O)c2ccnn2C)C2CCCCCC2)nc1. The minimum absolute atomic E-state index is 0.0753. The highest BCUT2D eigenvalue weighted by atomic mass is 16.2. The first kappa shape index (κ1) is 22.6. The first-order valence-electron chi connectivity index (χ1n) is 11.4. The van der Waals surface area contributed by atoms with Gasteiger partial charge in [-0.1, -0.05) is 25.7 Å². The van der Waals surface area contributed by atoms with Gasteiger partial charge >= 0.3 is 0 Å². The van der Waals surface area contributed by atoms with Gasteiger partial charge in [0.25, 0.3) is 5.91 Å². The Morgan fingerprint density at radius 2 is 1.73 bits per heavy atom. The van der Waals surface area contributed by atoms with Gasteiger partial charge in [-0.05, 0) is 50.8 Å². The van der Waals surface area contributed by atoms with Gasteiger partial charge < -0.3 is 10.6 Å². The van der Waals surface area contributed by atoms with Crippen molar-refractivity contribution in [2.45, 2.75) is 58.4 Å². The summed E-state index contributed by atoms with van der Waals surface area (Å²) in [5, 5.41) is 18.1. The molecule has 1 atom stereocenters. The number of anilines is 1. The minimum Gasteiger partial charge on any atom is -0.339 e. The Labute approximate surface area is 192 Å². The average Bonchev–Trinajstić information content (AvgIpc) is 3.26. The molecule has 0 aliphatic heterocycles. The fourth-order valence-corrected chi connectivity index (χ4v) is 4.49. The standard InChI is InChI=1S/C23H30N8O2/c1-15-28-29-16(2)31(15)18-10-11-20(24-14-18)26-23(33)21(17-8-6-4-5-7-9-17)27-22(32)19-12-13-25-30(19)3/h10-14,17,21H,4-9H2,1-3H3,(H,27,32)(H,24,26,33). The van der Waals surface area contributed by atoms with E-state index in [1.807, 2.05) is 24.5 Å². The zero-order valence-electron chi connectivity index (χ0n) is 19.3. The van der Waals surface area contributed by atoms with E-state index in [1.54, 1.807) is 31.6 Å². The van der Waals surface area contributed by atoms with Gasteiger partial charge in [0.2, 0.25) is 5.91 Å². The van der Waals surface area contributed by atoms with E-state index in [4.69, 9.17) is 0 Å². The molecule has 1 unspecified atom stereocenters. The summed E-state index contributed by atoms with van der Waals surface area (Å²) < 4.78 is 3.40. The van der Waals surface area contributed by atoms with Crippen LogP contribution in [0.4, 0.5) is 5.82 Å². The molecular formula is C23H30N8O2. The van der Waals surface area contributed by atoms with Crippen LogP contribution < -0.4 is 10.6 Å². The zero-order valence-corrected chi connectivity index (χ0v) is 19.3. The van der Waals surface area contributed by atoms with E-state index in [-0.39, 0.29) is 17.7 Å². The molecule has 0 saturated heterocycles. The third-order valence-electron chi connectivity index (χ3n) is 6.24. The number of hydrogen-bond donors (Lipinski definition) is 2. The van der Waals surface area contributed by atoms with Gasteiger partial charge in [-0.15, -0.1) is 10.2 Å². The van der Waals surface area contributed by atoms with E-state index in [9.17, 15) is 9.59 Å². The second-order valence-electron chi connectivity index (χ2n) is 8.56. The van der Waals surface area contributed by atoms with E-state index >= 15 is 0 Å². The predicted octanol–water partition coefficient (Wildman–Crippen LogP) is 2.72. The number of hydrogen-bond acceptors (Lipinski definition) is 6. The van der Waals surface area contributed by atoms with Crippen LogP contribution in [0, 0.1) is 19.8 Å². The quantitative estimate of drug-likeness (QED) is 0.557. The van der Waals surface area contributed by atoms with Crippen LogP contribution in [0.5, 0.6) is 0 Å². The molecule has 2 N–H and O–H groups in total. The maximum atomic E-state index is 13.3. The second kappa shape index (κ2) is 9.93. The summed E-state index contributed by atoms with van der Waals surface area (Å²) in [6.45, 7) is 3.75. The number of nitrogens with one attached hydrogen (secondary N) is 2. The molecule has 4 rings (SSSR count).